The average molecular weight is 365 g/mol. The fourth-order valence-corrected chi connectivity index (χ4v) is 4.93. The van der Waals surface area contributed by atoms with E-state index < -0.39 is 0 Å². The van der Waals surface area contributed by atoms with Crippen molar-refractivity contribution >= 4 is 33.6 Å². The Hall–Kier alpha value is -1.44. The number of aromatic nitrogens is 1. The van der Waals surface area contributed by atoms with Gasteiger partial charge < -0.3 is 15.1 Å². The Bertz CT molecular complexity index is 694. The molecular formula is C17H24N4OS2. The van der Waals surface area contributed by atoms with Crippen molar-refractivity contribution in [3.63, 3.8) is 0 Å². The Labute approximate surface area is 151 Å². The summed E-state index contributed by atoms with van der Waals surface area (Å²) in [5, 5.41) is 9.47. The van der Waals surface area contributed by atoms with E-state index in [0.29, 0.717) is 13.0 Å². The third-order valence-corrected chi connectivity index (χ3v) is 5.96. The summed E-state index contributed by atoms with van der Waals surface area (Å²) in [6.45, 7) is 5.80. The summed E-state index contributed by atoms with van der Waals surface area (Å²) in [6, 6.07) is 2.23. The number of fused-ring (bicyclic) bond motifs is 1. The Morgan fingerprint density at radius 3 is 2.92 bits per heavy atom. The Morgan fingerprint density at radius 1 is 1.50 bits per heavy atom. The first-order valence-electron chi connectivity index (χ1n) is 8.20. The number of thiazole rings is 1. The quantitative estimate of drug-likeness (QED) is 0.856. The van der Waals surface area contributed by atoms with Crippen molar-refractivity contribution in [1.29, 1.82) is 0 Å². The first kappa shape index (κ1) is 17.4. The maximum absolute atomic E-state index is 12.6. The van der Waals surface area contributed by atoms with Crippen LogP contribution in [0.15, 0.2) is 16.8 Å². The van der Waals surface area contributed by atoms with Gasteiger partial charge in [0.15, 0.2) is 0 Å². The van der Waals surface area contributed by atoms with Crippen LogP contribution < -0.4 is 10.2 Å². The van der Waals surface area contributed by atoms with Gasteiger partial charge in [0.25, 0.3) is 0 Å². The molecule has 0 fully saturated rings. The molecular weight excluding hydrogens is 340 g/mol. The lowest BCUT2D eigenvalue weighted by molar-refractivity contribution is -0.122. The highest BCUT2D eigenvalue weighted by Crippen LogP contribution is 2.42. The standard InChI is InChI=1S/C17H24N4OS2/c1-11(2)21-14(15(22)18-6-7-20(3)4)9-13-17(21)24-16(19-13)12-5-8-23-10-12/h5,8,10-11,14H,6-7,9H2,1-4H3,(H,18,22). The summed E-state index contributed by atoms with van der Waals surface area (Å²) >= 11 is 3.38. The van der Waals surface area contributed by atoms with Gasteiger partial charge in [0, 0.05) is 36.5 Å². The lowest BCUT2D eigenvalue weighted by Gasteiger charge is -2.29. The number of amides is 1. The van der Waals surface area contributed by atoms with Gasteiger partial charge in [-0.1, -0.05) is 11.3 Å². The van der Waals surface area contributed by atoms with Crippen molar-refractivity contribution in [2.75, 3.05) is 32.1 Å². The van der Waals surface area contributed by atoms with Gasteiger partial charge in [0.1, 0.15) is 16.1 Å². The zero-order valence-corrected chi connectivity index (χ0v) is 16.2. The molecule has 0 aromatic carbocycles. The molecule has 0 saturated carbocycles. The third kappa shape index (κ3) is 3.48. The number of thiophene rings is 1. The highest BCUT2D eigenvalue weighted by Gasteiger charge is 2.38. The Morgan fingerprint density at radius 2 is 2.29 bits per heavy atom. The second-order valence-electron chi connectivity index (χ2n) is 6.60. The minimum Gasteiger partial charge on any atom is -0.353 e. The summed E-state index contributed by atoms with van der Waals surface area (Å²) < 4.78 is 0. The molecule has 0 spiro atoms. The van der Waals surface area contributed by atoms with Crippen LogP contribution in [0.3, 0.4) is 0 Å². The maximum Gasteiger partial charge on any atom is 0.243 e. The number of nitrogens with zero attached hydrogens (tertiary/aromatic N) is 3. The molecule has 2 aromatic rings. The van der Waals surface area contributed by atoms with E-state index in [0.717, 1.165) is 22.2 Å². The molecule has 0 aliphatic carbocycles. The van der Waals surface area contributed by atoms with Crippen LogP contribution in [0.25, 0.3) is 10.6 Å². The largest absolute Gasteiger partial charge is 0.353 e. The third-order valence-electron chi connectivity index (χ3n) is 4.12. The molecule has 130 valence electrons. The smallest absolute Gasteiger partial charge is 0.243 e. The number of hydrogen-bond donors (Lipinski definition) is 1. The van der Waals surface area contributed by atoms with E-state index in [4.69, 9.17) is 4.98 Å². The minimum atomic E-state index is -0.141. The summed E-state index contributed by atoms with van der Waals surface area (Å²) in [5.41, 5.74) is 2.23. The molecule has 0 saturated heterocycles. The molecule has 1 aliphatic rings. The number of likely N-dealkylation sites (N-methyl/N-ethyl adjacent to an activating group) is 1. The zero-order chi connectivity index (χ0) is 17.3. The highest BCUT2D eigenvalue weighted by atomic mass is 32.1. The predicted octanol–water partition coefficient (Wildman–Crippen LogP) is 2.69. The van der Waals surface area contributed by atoms with Crippen molar-refractivity contribution in [2.45, 2.75) is 32.4 Å². The fourth-order valence-electron chi connectivity index (χ4n) is 2.94. The van der Waals surface area contributed by atoms with Gasteiger partial charge in [-0.15, -0.1) is 0 Å². The van der Waals surface area contributed by atoms with Crippen molar-refractivity contribution in [1.82, 2.24) is 15.2 Å². The number of anilines is 1. The normalized spacial score (nSPS) is 16.9. The molecule has 5 nitrogen and oxygen atoms in total. The van der Waals surface area contributed by atoms with Crippen LogP contribution >= 0.6 is 22.7 Å². The molecule has 2 aromatic heterocycles. The minimum absolute atomic E-state index is 0.104. The summed E-state index contributed by atoms with van der Waals surface area (Å²) in [6.07, 6.45) is 0.696. The van der Waals surface area contributed by atoms with Gasteiger partial charge in [0.2, 0.25) is 5.91 Å². The van der Waals surface area contributed by atoms with Crippen LogP contribution in [-0.4, -0.2) is 55.1 Å². The van der Waals surface area contributed by atoms with E-state index >= 15 is 0 Å². The van der Waals surface area contributed by atoms with E-state index in [1.54, 1.807) is 22.7 Å². The van der Waals surface area contributed by atoms with Crippen molar-refractivity contribution < 1.29 is 4.79 Å². The molecule has 1 unspecified atom stereocenters. The van der Waals surface area contributed by atoms with Crippen LogP contribution in [0.2, 0.25) is 0 Å². The second-order valence-corrected chi connectivity index (χ2v) is 8.36. The van der Waals surface area contributed by atoms with Crippen molar-refractivity contribution in [3.05, 3.63) is 22.5 Å². The van der Waals surface area contributed by atoms with E-state index in [1.807, 2.05) is 14.1 Å². The lowest BCUT2D eigenvalue weighted by atomic mass is 10.1. The molecule has 1 aliphatic heterocycles. The predicted molar refractivity (Wildman–Crippen MR) is 102 cm³/mol. The van der Waals surface area contributed by atoms with E-state index in [1.165, 1.54) is 5.56 Å². The van der Waals surface area contributed by atoms with Crippen LogP contribution in [0.5, 0.6) is 0 Å². The van der Waals surface area contributed by atoms with Gasteiger partial charge in [-0.05, 0) is 39.4 Å². The first-order chi connectivity index (χ1) is 11.5. The van der Waals surface area contributed by atoms with Crippen molar-refractivity contribution in [2.24, 2.45) is 0 Å². The Balaban J connectivity index is 1.76. The zero-order valence-electron chi connectivity index (χ0n) is 14.6. The summed E-state index contributed by atoms with van der Waals surface area (Å²) in [4.78, 5) is 21.7. The first-order valence-corrected chi connectivity index (χ1v) is 9.96. The molecule has 24 heavy (non-hydrogen) atoms. The van der Waals surface area contributed by atoms with Crippen LogP contribution in [0.4, 0.5) is 5.00 Å². The number of carbonyl (C=O) groups excluding carboxylic acids is 1. The van der Waals surface area contributed by atoms with Gasteiger partial charge >= 0.3 is 0 Å². The van der Waals surface area contributed by atoms with Crippen LogP contribution in [0.1, 0.15) is 19.5 Å². The van der Waals surface area contributed by atoms with Gasteiger partial charge in [-0.2, -0.15) is 11.3 Å². The van der Waals surface area contributed by atoms with E-state index in [2.05, 4.69) is 45.8 Å². The van der Waals surface area contributed by atoms with Gasteiger partial charge in [-0.25, -0.2) is 4.98 Å². The fraction of sp³-hybridized carbons (Fsp3) is 0.529. The average Bonchev–Trinajstić information content (AvgIpc) is 3.20. The lowest BCUT2D eigenvalue weighted by Crippen LogP contribution is -2.49. The SMILES string of the molecule is CC(C)N1c2sc(-c3ccsc3)nc2CC1C(=O)NCCN(C)C. The van der Waals surface area contributed by atoms with Crippen LogP contribution in [-0.2, 0) is 11.2 Å². The molecule has 1 atom stereocenters. The Kier molecular flexibility index (Phi) is 5.22. The van der Waals surface area contributed by atoms with Crippen LogP contribution in [0, 0.1) is 0 Å². The molecule has 3 rings (SSSR count). The molecule has 7 heteroatoms. The molecule has 1 N–H and O–H groups in total. The molecule has 0 radical (unpaired) electrons. The van der Waals surface area contributed by atoms with E-state index in [9.17, 15) is 4.79 Å². The second kappa shape index (κ2) is 7.21. The highest BCUT2D eigenvalue weighted by molar-refractivity contribution is 7.19. The van der Waals surface area contributed by atoms with E-state index in [-0.39, 0.29) is 18.0 Å². The van der Waals surface area contributed by atoms with Gasteiger partial charge in [0.05, 0.1) is 5.69 Å². The monoisotopic (exact) mass is 364 g/mol. The number of hydrogen-bond acceptors (Lipinski definition) is 6. The molecule has 3 heterocycles. The maximum atomic E-state index is 12.6. The van der Waals surface area contributed by atoms with Crippen molar-refractivity contribution in [3.8, 4) is 10.6 Å². The van der Waals surface area contributed by atoms with Gasteiger partial charge in [-0.3, -0.25) is 4.79 Å². The molecule has 1 amide bonds. The number of carbonyl (C=O) groups is 1. The number of rotatable bonds is 6. The summed E-state index contributed by atoms with van der Waals surface area (Å²) in [5.74, 6) is 0.104. The molecule has 0 bridgehead atoms. The topological polar surface area (TPSA) is 48.5 Å². The number of nitrogens with one attached hydrogen (secondary N) is 1. The summed E-state index contributed by atoms with van der Waals surface area (Å²) in [7, 11) is 4.02.